The molecular formula is C41H53N3O2. The van der Waals surface area contributed by atoms with Gasteiger partial charge in [-0.2, -0.15) is 0 Å². The fraction of sp³-hybridized carbons (Fsp3) is 0.415. The van der Waals surface area contributed by atoms with Gasteiger partial charge >= 0.3 is 0 Å². The highest BCUT2D eigenvalue weighted by Gasteiger charge is 2.32. The minimum Gasteiger partial charge on any atom is -0.334 e. The van der Waals surface area contributed by atoms with Crippen molar-refractivity contribution in [1.82, 2.24) is 14.7 Å². The maximum absolute atomic E-state index is 14.6. The Labute approximate surface area is 277 Å². The fourth-order valence-electron chi connectivity index (χ4n) is 7.08. The number of hydrogen-bond donors (Lipinski definition) is 0. The molecule has 0 aromatic heterocycles. The number of fused-ring (bicyclic) bond motifs is 1. The predicted molar refractivity (Wildman–Crippen MR) is 192 cm³/mol. The van der Waals surface area contributed by atoms with Crippen molar-refractivity contribution < 1.29 is 9.59 Å². The molecular weight excluding hydrogens is 566 g/mol. The first kappa shape index (κ1) is 34.9. The summed E-state index contributed by atoms with van der Waals surface area (Å²) in [7, 11) is 2.13. The lowest BCUT2D eigenvalue weighted by molar-refractivity contribution is 0.0629. The Bertz CT molecular complexity index is 1620. The summed E-state index contributed by atoms with van der Waals surface area (Å²) in [6.07, 6.45) is 0.576. The van der Waals surface area contributed by atoms with Crippen molar-refractivity contribution in [2.75, 3.05) is 7.05 Å². The molecule has 4 aromatic carbocycles. The second kappa shape index (κ2) is 15.1. The van der Waals surface area contributed by atoms with Crippen molar-refractivity contribution in [3.05, 3.63) is 118 Å². The van der Waals surface area contributed by atoms with Crippen molar-refractivity contribution in [2.45, 2.75) is 105 Å². The molecule has 0 heterocycles. The van der Waals surface area contributed by atoms with Crippen LogP contribution < -0.4 is 0 Å². The summed E-state index contributed by atoms with van der Waals surface area (Å²) >= 11 is 0. The van der Waals surface area contributed by atoms with E-state index >= 15 is 0 Å². The molecule has 0 bridgehead atoms. The van der Waals surface area contributed by atoms with Crippen LogP contribution >= 0.6 is 0 Å². The first-order valence-electron chi connectivity index (χ1n) is 16.8. The van der Waals surface area contributed by atoms with Crippen LogP contribution in [0, 0.1) is 6.92 Å². The van der Waals surface area contributed by atoms with Gasteiger partial charge in [-0.05, 0) is 109 Å². The Hall–Kier alpha value is -3.96. The maximum Gasteiger partial charge on any atom is 0.255 e. The molecule has 1 atom stereocenters. The number of benzene rings is 4. The van der Waals surface area contributed by atoms with E-state index in [0.29, 0.717) is 13.0 Å². The molecule has 0 fully saturated rings. The van der Waals surface area contributed by atoms with Gasteiger partial charge in [0, 0.05) is 42.3 Å². The lowest BCUT2D eigenvalue weighted by Gasteiger charge is -2.36. The summed E-state index contributed by atoms with van der Waals surface area (Å²) in [4.78, 5) is 35.3. The summed E-state index contributed by atoms with van der Waals surface area (Å²) < 4.78 is 0. The number of amides is 2. The Balaban J connectivity index is 1.95. The van der Waals surface area contributed by atoms with Crippen LogP contribution in [0.15, 0.2) is 84.9 Å². The SMILES string of the molecule is Cc1cccc([C@H](Cc2ccc3ccccc3c2C(=O)N(C(C)C)C(C)C)N(C)Cc2ccccc2)c1C(=O)N(C(C)C)C(C)C. The fourth-order valence-corrected chi connectivity index (χ4v) is 7.08. The van der Waals surface area contributed by atoms with Gasteiger partial charge in [0.2, 0.25) is 0 Å². The molecule has 2 amide bonds. The molecule has 0 radical (unpaired) electrons. The summed E-state index contributed by atoms with van der Waals surface area (Å²) in [5.41, 5.74) is 5.66. The molecule has 0 aliphatic heterocycles. The number of rotatable bonds is 12. The highest BCUT2D eigenvalue weighted by Crippen LogP contribution is 2.35. The molecule has 0 aliphatic carbocycles. The number of aryl methyl sites for hydroxylation is 1. The zero-order chi connectivity index (χ0) is 33.7. The molecule has 5 nitrogen and oxygen atoms in total. The first-order valence-corrected chi connectivity index (χ1v) is 16.8. The van der Waals surface area contributed by atoms with Gasteiger partial charge in [-0.25, -0.2) is 0 Å². The van der Waals surface area contributed by atoms with Crippen molar-refractivity contribution >= 4 is 22.6 Å². The largest absolute Gasteiger partial charge is 0.334 e. The lowest BCUT2D eigenvalue weighted by Crippen LogP contribution is -2.43. The van der Waals surface area contributed by atoms with Crippen LogP contribution in [-0.2, 0) is 13.0 Å². The summed E-state index contributed by atoms with van der Waals surface area (Å²) in [5, 5.41) is 2.01. The topological polar surface area (TPSA) is 43.9 Å². The maximum atomic E-state index is 14.6. The third-order valence-electron chi connectivity index (χ3n) is 9.02. The van der Waals surface area contributed by atoms with Gasteiger partial charge in [-0.1, -0.05) is 84.9 Å². The highest BCUT2D eigenvalue weighted by molar-refractivity contribution is 6.08. The molecule has 0 unspecified atom stereocenters. The average Bonchev–Trinajstić information content (AvgIpc) is 2.99. The van der Waals surface area contributed by atoms with E-state index < -0.39 is 0 Å². The second-order valence-corrected chi connectivity index (χ2v) is 13.8. The summed E-state index contributed by atoms with van der Waals surface area (Å²) in [6, 6.07) is 29.2. The zero-order valence-electron chi connectivity index (χ0n) is 29.5. The Morgan fingerprint density at radius 1 is 0.609 bits per heavy atom. The summed E-state index contributed by atoms with van der Waals surface area (Å²) in [5.74, 6) is 0.101. The lowest BCUT2D eigenvalue weighted by atomic mass is 9.87. The van der Waals surface area contributed by atoms with Crippen LogP contribution in [0.5, 0.6) is 0 Å². The first-order chi connectivity index (χ1) is 21.8. The minimum absolute atomic E-state index is 0.0487. The van der Waals surface area contributed by atoms with Gasteiger partial charge < -0.3 is 9.80 Å². The van der Waals surface area contributed by atoms with Crippen molar-refractivity contribution in [3.63, 3.8) is 0 Å². The normalized spacial score (nSPS) is 12.5. The molecule has 244 valence electrons. The Morgan fingerprint density at radius 3 is 1.74 bits per heavy atom. The van der Waals surface area contributed by atoms with Crippen LogP contribution in [0.2, 0.25) is 0 Å². The molecule has 4 rings (SSSR count). The van der Waals surface area contributed by atoms with Gasteiger partial charge in [0.05, 0.1) is 5.56 Å². The van der Waals surface area contributed by atoms with E-state index in [1.54, 1.807) is 0 Å². The highest BCUT2D eigenvalue weighted by atomic mass is 16.2. The van der Waals surface area contributed by atoms with Crippen LogP contribution in [-0.4, -0.2) is 57.7 Å². The summed E-state index contributed by atoms with van der Waals surface area (Å²) in [6.45, 7) is 19.4. The third-order valence-corrected chi connectivity index (χ3v) is 9.02. The van der Waals surface area contributed by atoms with E-state index in [0.717, 1.165) is 38.6 Å². The third kappa shape index (κ3) is 7.53. The molecule has 0 aliphatic rings. The van der Waals surface area contributed by atoms with Gasteiger partial charge in [0.15, 0.2) is 0 Å². The van der Waals surface area contributed by atoms with Crippen molar-refractivity contribution in [2.24, 2.45) is 0 Å². The van der Waals surface area contributed by atoms with E-state index in [4.69, 9.17) is 0 Å². The van der Waals surface area contributed by atoms with Crippen molar-refractivity contribution in [1.29, 1.82) is 0 Å². The zero-order valence-corrected chi connectivity index (χ0v) is 29.5. The number of carbonyl (C=O) groups excluding carboxylic acids is 2. The Morgan fingerprint density at radius 2 is 1.15 bits per heavy atom. The van der Waals surface area contributed by atoms with E-state index in [2.05, 4.69) is 128 Å². The van der Waals surface area contributed by atoms with Crippen molar-refractivity contribution in [3.8, 4) is 0 Å². The molecule has 0 spiro atoms. The van der Waals surface area contributed by atoms with Gasteiger partial charge in [0.1, 0.15) is 0 Å². The smallest absolute Gasteiger partial charge is 0.255 e. The van der Waals surface area contributed by atoms with E-state index in [9.17, 15) is 9.59 Å². The van der Waals surface area contributed by atoms with Gasteiger partial charge in [-0.15, -0.1) is 0 Å². The molecule has 5 heteroatoms. The van der Waals surface area contributed by atoms with Gasteiger partial charge in [-0.3, -0.25) is 14.5 Å². The molecule has 4 aromatic rings. The monoisotopic (exact) mass is 619 g/mol. The van der Waals surface area contributed by atoms with Crippen LogP contribution in [0.1, 0.15) is 104 Å². The minimum atomic E-state index is -0.167. The van der Waals surface area contributed by atoms with Crippen LogP contribution in [0.3, 0.4) is 0 Å². The Kier molecular flexibility index (Phi) is 11.4. The standard InChI is InChI=1S/C41H53N3O2/c1-27(2)43(28(3)4)40(45)38-31(9)17-16-22-36(38)37(42(10)26-32-18-12-11-13-19-32)25-34-24-23-33-20-14-15-21-35(33)39(34)41(46)44(29(5)6)30(7)8/h11-24,27-30,37H,25-26H2,1-10H3/t37-/m0/s1. The van der Waals surface area contributed by atoms with E-state index in [1.807, 2.05) is 41.0 Å². The van der Waals surface area contributed by atoms with E-state index in [1.165, 1.54) is 5.56 Å². The van der Waals surface area contributed by atoms with E-state index in [-0.39, 0.29) is 42.0 Å². The van der Waals surface area contributed by atoms with Gasteiger partial charge in [0.25, 0.3) is 11.8 Å². The average molecular weight is 620 g/mol. The second-order valence-electron chi connectivity index (χ2n) is 13.8. The quantitative estimate of drug-likeness (QED) is 0.159. The number of carbonyl (C=O) groups is 2. The molecule has 46 heavy (non-hydrogen) atoms. The van der Waals surface area contributed by atoms with Crippen LogP contribution in [0.4, 0.5) is 0 Å². The number of likely N-dealkylation sites (N-methyl/N-ethyl adjacent to an activating group) is 1. The molecule has 0 N–H and O–H groups in total. The number of hydrogen-bond acceptors (Lipinski definition) is 3. The molecule has 0 saturated carbocycles. The predicted octanol–water partition coefficient (Wildman–Crippen LogP) is 9.08. The van der Waals surface area contributed by atoms with Crippen LogP contribution in [0.25, 0.3) is 10.8 Å². The molecule has 0 saturated heterocycles. The number of nitrogens with zero attached hydrogens (tertiary/aromatic N) is 3.